The molecule has 2 aliphatic rings. The van der Waals surface area contributed by atoms with Gasteiger partial charge >= 0.3 is 0 Å². The van der Waals surface area contributed by atoms with Crippen LogP contribution in [0, 0.1) is 23.7 Å². The Morgan fingerprint density at radius 1 is 1.44 bits per heavy atom. The van der Waals surface area contributed by atoms with Crippen LogP contribution in [0.3, 0.4) is 0 Å². The van der Waals surface area contributed by atoms with Crippen molar-refractivity contribution in [2.24, 2.45) is 29.4 Å². The lowest BCUT2D eigenvalue weighted by Crippen LogP contribution is -2.39. The second-order valence-electron chi connectivity index (χ2n) is 5.84. The SMILES string of the molecule is CC(CN)CN(C)C(=O)C1CC2CCC1C2. The van der Waals surface area contributed by atoms with Crippen molar-refractivity contribution in [3.8, 4) is 0 Å². The molecule has 0 saturated heterocycles. The molecule has 3 heteroatoms. The van der Waals surface area contributed by atoms with Crippen LogP contribution in [0.5, 0.6) is 0 Å². The summed E-state index contributed by atoms with van der Waals surface area (Å²) in [7, 11) is 1.93. The maximum absolute atomic E-state index is 12.3. The molecule has 0 heterocycles. The maximum atomic E-state index is 12.3. The molecule has 3 nitrogen and oxygen atoms in total. The van der Waals surface area contributed by atoms with Gasteiger partial charge in [0.05, 0.1) is 0 Å². The van der Waals surface area contributed by atoms with Crippen LogP contribution in [0.15, 0.2) is 0 Å². The molecule has 0 aromatic heterocycles. The number of fused-ring (bicyclic) bond motifs is 2. The van der Waals surface area contributed by atoms with Gasteiger partial charge in [-0.2, -0.15) is 0 Å². The molecule has 2 fully saturated rings. The van der Waals surface area contributed by atoms with Gasteiger partial charge in [0, 0.05) is 19.5 Å². The van der Waals surface area contributed by atoms with Gasteiger partial charge in [-0.15, -0.1) is 0 Å². The molecule has 2 N–H and O–H groups in total. The van der Waals surface area contributed by atoms with Crippen molar-refractivity contribution < 1.29 is 4.79 Å². The fraction of sp³-hybridized carbons (Fsp3) is 0.923. The summed E-state index contributed by atoms with van der Waals surface area (Å²) in [5, 5.41) is 0. The lowest BCUT2D eigenvalue weighted by atomic mass is 9.87. The predicted molar refractivity (Wildman–Crippen MR) is 64.8 cm³/mol. The zero-order valence-corrected chi connectivity index (χ0v) is 10.5. The molecule has 2 rings (SSSR count). The minimum absolute atomic E-state index is 0.328. The lowest BCUT2D eigenvalue weighted by molar-refractivity contribution is -0.136. The van der Waals surface area contributed by atoms with E-state index in [0.29, 0.717) is 30.2 Å². The topological polar surface area (TPSA) is 46.3 Å². The van der Waals surface area contributed by atoms with Crippen LogP contribution in [0.25, 0.3) is 0 Å². The molecule has 0 spiro atoms. The molecule has 0 aliphatic heterocycles. The highest BCUT2D eigenvalue weighted by Crippen LogP contribution is 2.48. The molecule has 16 heavy (non-hydrogen) atoms. The first kappa shape index (κ1) is 11.9. The monoisotopic (exact) mass is 224 g/mol. The standard InChI is InChI=1S/C13H24N2O/c1-9(7-14)8-15(2)13(16)12-6-10-3-4-11(12)5-10/h9-12H,3-8,14H2,1-2H3. The number of nitrogens with zero attached hydrogens (tertiary/aromatic N) is 1. The Morgan fingerprint density at radius 3 is 2.69 bits per heavy atom. The number of nitrogens with two attached hydrogens (primary N) is 1. The van der Waals surface area contributed by atoms with E-state index in [1.807, 2.05) is 11.9 Å². The molecule has 2 bridgehead atoms. The average Bonchev–Trinajstić information content (AvgIpc) is 2.89. The van der Waals surface area contributed by atoms with Crippen LogP contribution in [0.4, 0.5) is 0 Å². The number of amides is 1. The molecular formula is C13H24N2O. The first-order valence-electron chi connectivity index (χ1n) is 6.56. The summed E-state index contributed by atoms with van der Waals surface area (Å²) in [4.78, 5) is 14.2. The van der Waals surface area contributed by atoms with E-state index in [1.165, 1.54) is 19.3 Å². The quantitative estimate of drug-likeness (QED) is 0.786. The summed E-state index contributed by atoms with van der Waals surface area (Å²) in [5.41, 5.74) is 5.60. The van der Waals surface area contributed by atoms with Crippen molar-refractivity contribution in [3.63, 3.8) is 0 Å². The van der Waals surface area contributed by atoms with E-state index in [4.69, 9.17) is 5.73 Å². The number of carbonyl (C=O) groups excluding carboxylic acids is 1. The Labute approximate surface area is 98.4 Å². The van der Waals surface area contributed by atoms with E-state index in [1.54, 1.807) is 0 Å². The van der Waals surface area contributed by atoms with Gasteiger partial charge < -0.3 is 10.6 Å². The van der Waals surface area contributed by atoms with Gasteiger partial charge in [-0.25, -0.2) is 0 Å². The van der Waals surface area contributed by atoms with Gasteiger partial charge in [0.25, 0.3) is 0 Å². The molecule has 2 saturated carbocycles. The molecule has 0 radical (unpaired) electrons. The number of hydrogen-bond acceptors (Lipinski definition) is 2. The first-order valence-corrected chi connectivity index (χ1v) is 6.56. The first-order chi connectivity index (χ1) is 7.61. The van der Waals surface area contributed by atoms with Crippen molar-refractivity contribution in [2.45, 2.75) is 32.6 Å². The van der Waals surface area contributed by atoms with E-state index in [0.717, 1.165) is 18.9 Å². The smallest absolute Gasteiger partial charge is 0.225 e. The number of carbonyl (C=O) groups is 1. The third-order valence-electron chi connectivity index (χ3n) is 4.42. The van der Waals surface area contributed by atoms with E-state index in [2.05, 4.69) is 6.92 Å². The highest BCUT2D eigenvalue weighted by molar-refractivity contribution is 5.79. The van der Waals surface area contributed by atoms with Gasteiger partial charge in [0.15, 0.2) is 0 Å². The van der Waals surface area contributed by atoms with Crippen LogP contribution in [-0.2, 0) is 4.79 Å². The predicted octanol–water partition coefficient (Wildman–Crippen LogP) is 1.48. The highest BCUT2D eigenvalue weighted by Gasteiger charge is 2.43. The molecule has 92 valence electrons. The third kappa shape index (κ3) is 2.24. The Bertz CT molecular complexity index is 267. The van der Waals surface area contributed by atoms with E-state index in [-0.39, 0.29) is 0 Å². The van der Waals surface area contributed by atoms with Crippen molar-refractivity contribution in [2.75, 3.05) is 20.1 Å². The zero-order valence-electron chi connectivity index (χ0n) is 10.5. The van der Waals surface area contributed by atoms with Crippen molar-refractivity contribution >= 4 is 5.91 Å². The summed E-state index contributed by atoms with van der Waals surface area (Å²) in [6.45, 7) is 3.57. The molecule has 4 unspecified atom stereocenters. The lowest BCUT2D eigenvalue weighted by Gasteiger charge is -2.28. The van der Waals surface area contributed by atoms with E-state index < -0.39 is 0 Å². The van der Waals surface area contributed by atoms with Crippen molar-refractivity contribution in [1.29, 1.82) is 0 Å². The van der Waals surface area contributed by atoms with Gasteiger partial charge in [-0.3, -0.25) is 4.79 Å². The minimum Gasteiger partial charge on any atom is -0.345 e. The molecular weight excluding hydrogens is 200 g/mol. The minimum atomic E-state index is 0.328. The Hall–Kier alpha value is -0.570. The average molecular weight is 224 g/mol. The fourth-order valence-corrected chi connectivity index (χ4v) is 3.46. The summed E-state index contributed by atoms with van der Waals surface area (Å²) < 4.78 is 0. The van der Waals surface area contributed by atoms with Crippen molar-refractivity contribution in [3.05, 3.63) is 0 Å². The molecule has 1 amide bonds. The third-order valence-corrected chi connectivity index (χ3v) is 4.42. The second-order valence-corrected chi connectivity index (χ2v) is 5.84. The molecule has 0 aromatic rings. The van der Waals surface area contributed by atoms with Crippen LogP contribution >= 0.6 is 0 Å². The highest BCUT2D eigenvalue weighted by atomic mass is 16.2. The maximum Gasteiger partial charge on any atom is 0.225 e. The van der Waals surface area contributed by atoms with E-state index in [9.17, 15) is 4.79 Å². The fourth-order valence-electron chi connectivity index (χ4n) is 3.46. The van der Waals surface area contributed by atoms with Crippen LogP contribution in [0.1, 0.15) is 32.6 Å². The molecule has 4 atom stereocenters. The normalized spacial score (nSPS) is 34.1. The summed E-state index contributed by atoms with van der Waals surface area (Å²) in [5.74, 6) is 2.64. The van der Waals surface area contributed by atoms with Crippen LogP contribution in [-0.4, -0.2) is 30.9 Å². The van der Waals surface area contributed by atoms with E-state index >= 15 is 0 Å². The summed E-state index contributed by atoms with van der Waals surface area (Å²) >= 11 is 0. The number of hydrogen-bond donors (Lipinski definition) is 1. The van der Waals surface area contributed by atoms with Crippen LogP contribution in [0.2, 0.25) is 0 Å². The van der Waals surface area contributed by atoms with Gasteiger partial charge in [-0.1, -0.05) is 13.3 Å². The van der Waals surface area contributed by atoms with Gasteiger partial charge in [0.1, 0.15) is 0 Å². The Morgan fingerprint density at radius 2 is 2.19 bits per heavy atom. The summed E-state index contributed by atoms with van der Waals surface area (Å²) in [6.07, 6.45) is 5.08. The van der Waals surface area contributed by atoms with Gasteiger partial charge in [-0.05, 0) is 43.6 Å². The van der Waals surface area contributed by atoms with Gasteiger partial charge in [0.2, 0.25) is 5.91 Å². The molecule has 0 aromatic carbocycles. The number of rotatable bonds is 4. The second kappa shape index (κ2) is 4.74. The van der Waals surface area contributed by atoms with Crippen molar-refractivity contribution in [1.82, 2.24) is 4.90 Å². The zero-order chi connectivity index (χ0) is 11.7. The summed E-state index contributed by atoms with van der Waals surface area (Å²) in [6, 6.07) is 0. The Kier molecular flexibility index (Phi) is 3.53. The van der Waals surface area contributed by atoms with Crippen LogP contribution < -0.4 is 5.73 Å². The Balaban J connectivity index is 1.87. The molecule has 2 aliphatic carbocycles. The largest absolute Gasteiger partial charge is 0.345 e.